The highest BCUT2D eigenvalue weighted by molar-refractivity contribution is 6.08. The van der Waals surface area contributed by atoms with Crippen molar-refractivity contribution in [3.05, 3.63) is 53.6 Å². The molecule has 0 saturated carbocycles. The second kappa shape index (κ2) is 10.8. The number of hydrogen-bond acceptors (Lipinski definition) is 5. The van der Waals surface area contributed by atoms with Gasteiger partial charge in [0.1, 0.15) is 17.6 Å². The summed E-state index contributed by atoms with van der Waals surface area (Å²) in [4.78, 5) is 53.2. The molecule has 2 aromatic rings. The predicted octanol–water partition coefficient (Wildman–Crippen LogP) is 4.80. The number of imide groups is 1. The maximum absolute atomic E-state index is 13.3. The van der Waals surface area contributed by atoms with Gasteiger partial charge >= 0.3 is 12.1 Å². The molecule has 1 aliphatic heterocycles. The number of urea groups is 2. The lowest BCUT2D eigenvalue weighted by Crippen LogP contribution is -2.45. The lowest BCUT2D eigenvalue weighted by molar-refractivity contribution is -0.135. The molecule has 1 unspecified atom stereocenters. The van der Waals surface area contributed by atoms with Crippen LogP contribution in [0.15, 0.2) is 42.5 Å². The fourth-order valence-electron chi connectivity index (χ4n) is 4.24. The van der Waals surface area contributed by atoms with E-state index in [1.165, 1.54) is 12.0 Å². The van der Waals surface area contributed by atoms with Gasteiger partial charge in [0.2, 0.25) is 0 Å². The number of carbonyl (C=O) groups excluding carboxylic acids is 4. The Bertz CT molecular complexity index is 1160. The first-order valence-corrected chi connectivity index (χ1v) is 11.9. The lowest BCUT2D eigenvalue weighted by atomic mass is 10.0. The molecule has 1 atom stereocenters. The normalized spacial score (nSPS) is 15.8. The van der Waals surface area contributed by atoms with Crippen LogP contribution in [0.3, 0.4) is 0 Å². The Morgan fingerprint density at radius 2 is 1.75 bits per heavy atom. The van der Waals surface area contributed by atoms with E-state index in [1.54, 1.807) is 32.0 Å². The molecule has 0 spiro atoms. The molecule has 0 aliphatic carbocycles. The molecule has 1 fully saturated rings. The topological polar surface area (TPSA) is 108 Å². The second-order valence-corrected chi connectivity index (χ2v) is 9.86. The Hall–Kier alpha value is -3.88. The fraction of sp³-hybridized carbons (Fsp3) is 0.407. The van der Waals surface area contributed by atoms with Crippen LogP contribution in [0, 0.1) is 12.8 Å². The second-order valence-electron chi connectivity index (χ2n) is 9.86. The van der Waals surface area contributed by atoms with Crippen LogP contribution < -0.4 is 15.4 Å². The van der Waals surface area contributed by atoms with Gasteiger partial charge in [-0.05, 0) is 62.4 Å². The standard InChI is InChI=1S/C27H34N4O5/c1-17(2)13-20(16-32)31-24(33)27(4,5)30(26(31)35)15-19-11-12-22(23(14-19)36-6)29-25(34)28-21-10-8-7-9-18(21)3/h7-12,14,16-17,20H,13,15H2,1-6H3,(H2,28,29,34). The van der Waals surface area contributed by atoms with Crippen molar-refractivity contribution in [2.45, 2.75) is 59.2 Å². The van der Waals surface area contributed by atoms with E-state index < -0.39 is 29.6 Å². The SMILES string of the molecule is COc1cc(CN2C(=O)N(C(C=O)CC(C)C)C(=O)C2(C)C)ccc1NC(=O)Nc1ccccc1C. The third kappa shape index (κ3) is 5.50. The van der Waals surface area contributed by atoms with E-state index in [2.05, 4.69) is 10.6 Å². The van der Waals surface area contributed by atoms with Gasteiger partial charge in [0.05, 0.1) is 18.8 Å². The molecule has 1 aliphatic rings. The molecular weight excluding hydrogens is 460 g/mol. The van der Waals surface area contributed by atoms with Crippen LogP contribution in [-0.2, 0) is 16.1 Å². The summed E-state index contributed by atoms with van der Waals surface area (Å²) in [7, 11) is 1.49. The number of benzene rings is 2. The first-order chi connectivity index (χ1) is 17.0. The number of ether oxygens (including phenoxy) is 1. The maximum Gasteiger partial charge on any atom is 0.328 e. The monoisotopic (exact) mass is 494 g/mol. The van der Waals surface area contributed by atoms with Gasteiger partial charge in [-0.25, -0.2) is 9.59 Å². The maximum atomic E-state index is 13.3. The number of carbonyl (C=O) groups is 4. The van der Waals surface area contributed by atoms with Crippen LogP contribution in [0.4, 0.5) is 21.0 Å². The molecule has 2 aromatic carbocycles. The van der Waals surface area contributed by atoms with Crippen LogP contribution in [0.1, 0.15) is 45.2 Å². The highest BCUT2D eigenvalue weighted by Crippen LogP contribution is 2.34. The number of rotatable bonds is 9. The van der Waals surface area contributed by atoms with Crippen LogP contribution >= 0.6 is 0 Å². The van der Waals surface area contributed by atoms with Crippen molar-refractivity contribution in [3.63, 3.8) is 0 Å². The number of anilines is 2. The van der Waals surface area contributed by atoms with Gasteiger partial charge in [-0.3, -0.25) is 9.69 Å². The summed E-state index contributed by atoms with van der Waals surface area (Å²) in [6, 6.07) is 10.9. The first-order valence-electron chi connectivity index (χ1n) is 11.9. The van der Waals surface area contributed by atoms with Gasteiger partial charge in [-0.2, -0.15) is 0 Å². The Morgan fingerprint density at radius 1 is 1.08 bits per heavy atom. The predicted molar refractivity (Wildman–Crippen MR) is 138 cm³/mol. The molecule has 2 N–H and O–H groups in total. The minimum atomic E-state index is -1.12. The molecule has 3 rings (SSSR count). The van der Waals surface area contributed by atoms with Crippen LogP contribution in [0.25, 0.3) is 0 Å². The summed E-state index contributed by atoms with van der Waals surface area (Å²) in [5, 5.41) is 5.59. The smallest absolute Gasteiger partial charge is 0.328 e. The first kappa shape index (κ1) is 26.7. The Morgan fingerprint density at radius 3 is 2.36 bits per heavy atom. The number of nitrogens with one attached hydrogen (secondary N) is 2. The van der Waals surface area contributed by atoms with Crippen LogP contribution in [-0.4, -0.2) is 52.7 Å². The molecule has 1 heterocycles. The molecule has 1 saturated heterocycles. The molecule has 5 amide bonds. The highest BCUT2D eigenvalue weighted by atomic mass is 16.5. The molecule has 0 bridgehead atoms. The van der Waals surface area contributed by atoms with Crippen molar-refractivity contribution in [1.29, 1.82) is 0 Å². The van der Waals surface area contributed by atoms with Crippen molar-refractivity contribution in [1.82, 2.24) is 9.80 Å². The van der Waals surface area contributed by atoms with Crippen molar-refractivity contribution in [2.24, 2.45) is 5.92 Å². The van der Waals surface area contributed by atoms with Crippen molar-refractivity contribution >= 4 is 35.6 Å². The third-order valence-electron chi connectivity index (χ3n) is 6.30. The Balaban J connectivity index is 1.78. The Labute approximate surface area is 211 Å². The minimum Gasteiger partial charge on any atom is -0.495 e. The van der Waals surface area contributed by atoms with Crippen LogP contribution in [0.5, 0.6) is 5.75 Å². The molecule has 36 heavy (non-hydrogen) atoms. The average molecular weight is 495 g/mol. The van der Waals surface area contributed by atoms with E-state index in [1.807, 2.05) is 45.0 Å². The van der Waals surface area contributed by atoms with Crippen LogP contribution in [0.2, 0.25) is 0 Å². The number of aryl methyl sites for hydroxylation is 1. The van der Waals surface area contributed by atoms with E-state index >= 15 is 0 Å². The number of para-hydroxylation sites is 1. The molecule has 9 heteroatoms. The zero-order chi connectivity index (χ0) is 26.6. The van der Waals surface area contributed by atoms with Gasteiger partial charge in [0.15, 0.2) is 0 Å². The number of amides is 5. The minimum absolute atomic E-state index is 0.132. The summed E-state index contributed by atoms with van der Waals surface area (Å²) in [5.74, 6) is 0.152. The number of nitrogens with zero attached hydrogens (tertiary/aromatic N) is 2. The van der Waals surface area contributed by atoms with E-state index in [4.69, 9.17) is 4.74 Å². The molecule has 0 radical (unpaired) electrons. The zero-order valence-corrected chi connectivity index (χ0v) is 21.6. The lowest BCUT2D eigenvalue weighted by Gasteiger charge is -2.28. The summed E-state index contributed by atoms with van der Waals surface area (Å²) in [5.41, 5.74) is 1.67. The molecule has 0 aromatic heterocycles. The Kier molecular flexibility index (Phi) is 8.02. The van der Waals surface area contributed by atoms with Gasteiger partial charge in [0.25, 0.3) is 5.91 Å². The number of methoxy groups -OCH3 is 1. The van der Waals surface area contributed by atoms with Crippen molar-refractivity contribution in [2.75, 3.05) is 17.7 Å². The summed E-state index contributed by atoms with van der Waals surface area (Å²) >= 11 is 0. The largest absolute Gasteiger partial charge is 0.495 e. The van der Waals surface area contributed by atoms with Crippen molar-refractivity contribution < 1.29 is 23.9 Å². The average Bonchev–Trinajstić information content (AvgIpc) is 2.99. The highest BCUT2D eigenvalue weighted by Gasteiger charge is 2.53. The van der Waals surface area contributed by atoms with E-state index in [9.17, 15) is 19.2 Å². The van der Waals surface area contributed by atoms with Gasteiger partial charge < -0.3 is 25.1 Å². The molecule has 192 valence electrons. The molecular formula is C27H34N4O5. The van der Waals surface area contributed by atoms with Gasteiger partial charge in [-0.1, -0.05) is 38.1 Å². The summed E-state index contributed by atoms with van der Waals surface area (Å²) in [6.07, 6.45) is 1.07. The third-order valence-corrected chi connectivity index (χ3v) is 6.30. The fourth-order valence-corrected chi connectivity index (χ4v) is 4.24. The van der Waals surface area contributed by atoms with Gasteiger partial charge in [0, 0.05) is 12.2 Å². The van der Waals surface area contributed by atoms with E-state index in [-0.39, 0.29) is 12.5 Å². The summed E-state index contributed by atoms with van der Waals surface area (Å²) < 4.78 is 5.48. The van der Waals surface area contributed by atoms with Gasteiger partial charge in [-0.15, -0.1) is 0 Å². The number of aldehydes is 1. The number of hydrogen-bond donors (Lipinski definition) is 2. The zero-order valence-electron chi connectivity index (χ0n) is 21.6. The van der Waals surface area contributed by atoms with Crippen molar-refractivity contribution in [3.8, 4) is 5.75 Å². The quantitative estimate of drug-likeness (QED) is 0.384. The van der Waals surface area contributed by atoms with E-state index in [0.717, 1.165) is 10.5 Å². The van der Waals surface area contributed by atoms with E-state index in [0.29, 0.717) is 35.4 Å². The summed E-state index contributed by atoms with van der Waals surface area (Å²) in [6.45, 7) is 9.26. The molecule has 9 nitrogen and oxygen atoms in total.